The van der Waals surface area contributed by atoms with E-state index in [9.17, 15) is 0 Å². The van der Waals surface area contributed by atoms with Crippen LogP contribution in [0.5, 0.6) is 0 Å². The number of nitrogens with zero attached hydrogens (tertiary/aromatic N) is 2. The fourth-order valence-electron chi connectivity index (χ4n) is 2.01. The van der Waals surface area contributed by atoms with Gasteiger partial charge in [-0.2, -0.15) is 0 Å². The van der Waals surface area contributed by atoms with Gasteiger partial charge in [-0.3, -0.25) is 4.98 Å². The molecule has 3 heterocycles. The number of pyridine rings is 1. The van der Waals surface area contributed by atoms with Gasteiger partial charge in [0.25, 0.3) is 0 Å². The molecule has 0 aliphatic carbocycles. The van der Waals surface area contributed by atoms with E-state index < -0.39 is 0 Å². The largest absolute Gasteiger partial charge is 0.379 e. The number of nitrogens with one attached hydrogen (secondary N) is 1. The van der Waals surface area contributed by atoms with Crippen molar-refractivity contribution in [2.75, 3.05) is 19.8 Å². The molecule has 0 spiro atoms. The van der Waals surface area contributed by atoms with Crippen LogP contribution < -0.4 is 5.32 Å². The Morgan fingerprint density at radius 1 is 1.50 bits per heavy atom. The van der Waals surface area contributed by atoms with Crippen molar-refractivity contribution in [1.29, 1.82) is 0 Å². The highest BCUT2D eigenvalue weighted by Gasteiger charge is 2.15. The summed E-state index contributed by atoms with van der Waals surface area (Å²) < 4.78 is 5.45. The summed E-state index contributed by atoms with van der Waals surface area (Å²) in [5.41, 5.74) is 2.09. The minimum absolute atomic E-state index is 0.395. The molecule has 1 aliphatic rings. The molecule has 2 aromatic heterocycles. The van der Waals surface area contributed by atoms with Crippen molar-refractivity contribution in [3.05, 3.63) is 34.9 Å². The zero-order valence-corrected chi connectivity index (χ0v) is 10.8. The SMILES string of the molecule is c1cncc(-c2csc(CC3COCCN3)n2)c1. The van der Waals surface area contributed by atoms with Crippen LogP contribution in [0.1, 0.15) is 5.01 Å². The van der Waals surface area contributed by atoms with Crippen molar-refractivity contribution in [2.45, 2.75) is 12.5 Å². The summed E-state index contributed by atoms with van der Waals surface area (Å²) in [6, 6.07) is 4.37. The molecular weight excluding hydrogens is 246 g/mol. The second-order valence-electron chi connectivity index (χ2n) is 4.30. The molecule has 2 aromatic rings. The topological polar surface area (TPSA) is 47.0 Å². The third-order valence-electron chi connectivity index (χ3n) is 2.93. The van der Waals surface area contributed by atoms with Gasteiger partial charge >= 0.3 is 0 Å². The third kappa shape index (κ3) is 2.75. The number of rotatable bonds is 3. The van der Waals surface area contributed by atoms with Crippen molar-refractivity contribution in [3.8, 4) is 11.3 Å². The maximum atomic E-state index is 5.45. The Labute approximate surface area is 110 Å². The average Bonchev–Trinajstić information content (AvgIpc) is 2.89. The van der Waals surface area contributed by atoms with Crippen LogP contribution in [0, 0.1) is 0 Å². The van der Waals surface area contributed by atoms with Crippen LogP contribution >= 0.6 is 11.3 Å². The number of aromatic nitrogens is 2. The molecule has 4 nitrogen and oxygen atoms in total. The van der Waals surface area contributed by atoms with E-state index >= 15 is 0 Å². The minimum atomic E-state index is 0.395. The maximum absolute atomic E-state index is 5.45. The molecule has 94 valence electrons. The molecule has 0 aromatic carbocycles. The molecule has 0 amide bonds. The molecule has 3 rings (SSSR count). The van der Waals surface area contributed by atoms with Gasteiger partial charge < -0.3 is 10.1 Å². The van der Waals surface area contributed by atoms with Crippen molar-refractivity contribution < 1.29 is 4.74 Å². The lowest BCUT2D eigenvalue weighted by Gasteiger charge is -2.22. The molecule has 0 saturated carbocycles. The number of hydrogen-bond donors (Lipinski definition) is 1. The summed E-state index contributed by atoms with van der Waals surface area (Å²) >= 11 is 1.70. The Morgan fingerprint density at radius 3 is 3.28 bits per heavy atom. The van der Waals surface area contributed by atoms with Crippen LogP contribution in [0.4, 0.5) is 0 Å². The van der Waals surface area contributed by atoms with Gasteiger partial charge in [0.15, 0.2) is 0 Å². The van der Waals surface area contributed by atoms with Crippen LogP contribution in [0.3, 0.4) is 0 Å². The third-order valence-corrected chi connectivity index (χ3v) is 3.80. The second-order valence-corrected chi connectivity index (χ2v) is 5.24. The fraction of sp³-hybridized carbons (Fsp3) is 0.385. The highest BCUT2D eigenvalue weighted by Crippen LogP contribution is 2.21. The van der Waals surface area contributed by atoms with Gasteiger partial charge in [-0.1, -0.05) is 0 Å². The summed E-state index contributed by atoms with van der Waals surface area (Å²) in [4.78, 5) is 8.78. The van der Waals surface area contributed by atoms with Crippen molar-refractivity contribution in [3.63, 3.8) is 0 Å². The van der Waals surface area contributed by atoms with Crippen molar-refractivity contribution >= 4 is 11.3 Å². The molecule has 18 heavy (non-hydrogen) atoms. The van der Waals surface area contributed by atoms with E-state index in [2.05, 4.69) is 20.7 Å². The second kappa shape index (κ2) is 5.56. The van der Waals surface area contributed by atoms with Crippen LogP contribution in [-0.4, -0.2) is 35.8 Å². The van der Waals surface area contributed by atoms with E-state index in [1.54, 1.807) is 17.5 Å². The van der Waals surface area contributed by atoms with Crippen LogP contribution in [-0.2, 0) is 11.2 Å². The van der Waals surface area contributed by atoms with E-state index in [1.165, 1.54) is 0 Å². The highest BCUT2D eigenvalue weighted by atomic mass is 32.1. The molecule has 1 saturated heterocycles. The smallest absolute Gasteiger partial charge is 0.0949 e. The lowest BCUT2D eigenvalue weighted by atomic mass is 10.2. The van der Waals surface area contributed by atoms with E-state index in [0.29, 0.717) is 6.04 Å². The lowest BCUT2D eigenvalue weighted by molar-refractivity contribution is 0.0770. The first kappa shape index (κ1) is 11.8. The van der Waals surface area contributed by atoms with Gasteiger partial charge in [-0.15, -0.1) is 11.3 Å². The molecule has 0 bridgehead atoms. The van der Waals surface area contributed by atoms with E-state index in [-0.39, 0.29) is 0 Å². The van der Waals surface area contributed by atoms with E-state index in [0.717, 1.165) is 42.4 Å². The lowest BCUT2D eigenvalue weighted by Crippen LogP contribution is -2.42. The van der Waals surface area contributed by atoms with Gasteiger partial charge in [0.05, 0.1) is 23.9 Å². The number of hydrogen-bond acceptors (Lipinski definition) is 5. The first-order valence-electron chi connectivity index (χ1n) is 6.08. The summed E-state index contributed by atoms with van der Waals surface area (Å²) in [6.45, 7) is 2.53. The standard InChI is InChI=1S/C13H15N3OS/c1-2-10(7-14-3-1)12-9-18-13(16-12)6-11-8-17-5-4-15-11/h1-3,7,9,11,15H,4-6,8H2. The maximum Gasteiger partial charge on any atom is 0.0949 e. The predicted octanol–water partition coefficient (Wildman–Crippen LogP) is 1.74. The molecule has 1 fully saturated rings. The molecule has 1 aliphatic heterocycles. The van der Waals surface area contributed by atoms with Gasteiger partial charge in [-0.05, 0) is 12.1 Å². The fourth-order valence-corrected chi connectivity index (χ4v) is 2.90. The molecule has 1 N–H and O–H groups in total. The molecule has 0 radical (unpaired) electrons. The predicted molar refractivity (Wildman–Crippen MR) is 71.7 cm³/mol. The Morgan fingerprint density at radius 2 is 2.50 bits per heavy atom. The van der Waals surface area contributed by atoms with E-state index in [1.807, 2.05) is 18.3 Å². The zero-order chi connectivity index (χ0) is 12.2. The normalized spacial score (nSPS) is 19.9. The first-order valence-corrected chi connectivity index (χ1v) is 6.96. The van der Waals surface area contributed by atoms with E-state index in [4.69, 9.17) is 4.74 Å². The highest BCUT2D eigenvalue weighted by molar-refractivity contribution is 7.09. The Balaban J connectivity index is 1.69. The molecule has 1 unspecified atom stereocenters. The quantitative estimate of drug-likeness (QED) is 0.914. The minimum Gasteiger partial charge on any atom is -0.379 e. The Bertz CT molecular complexity index is 494. The summed E-state index contributed by atoms with van der Waals surface area (Å²) in [6.07, 6.45) is 4.56. The number of morpholine rings is 1. The Kier molecular flexibility index (Phi) is 3.64. The molecule has 1 atom stereocenters. The number of thiazole rings is 1. The zero-order valence-electron chi connectivity index (χ0n) is 10.0. The summed E-state index contributed by atoms with van der Waals surface area (Å²) in [5, 5.41) is 6.69. The van der Waals surface area contributed by atoms with Gasteiger partial charge in [0.1, 0.15) is 0 Å². The monoisotopic (exact) mass is 261 g/mol. The average molecular weight is 261 g/mol. The molecular formula is C13H15N3OS. The van der Waals surface area contributed by atoms with Crippen LogP contribution in [0.2, 0.25) is 0 Å². The van der Waals surface area contributed by atoms with Crippen molar-refractivity contribution in [2.24, 2.45) is 0 Å². The van der Waals surface area contributed by atoms with Crippen molar-refractivity contribution in [1.82, 2.24) is 15.3 Å². The van der Waals surface area contributed by atoms with Gasteiger partial charge in [-0.25, -0.2) is 4.98 Å². The van der Waals surface area contributed by atoms with Crippen LogP contribution in [0.25, 0.3) is 11.3 Å². The Hall–Kier alpha value is -1.30. The van der Waals surface area contributed by atoms with Crippen LogP contribution in [0.15, 0.2) is 29.9 Å². The van der Waals surface area contributed by atoms with Gasteiger partial charge in [0, 0.05) is 42.3 Å². The summed E-state index contributed by atoms with van der Waals surface area (Å²) in [7, 11) is 0. The van der Waals surface area contributed by atoms with Gasteiger partial charge in [0.2, 0.25) is 0 Å². The summed E-state index contributed by atoms with van der Waals surface area (Å²) in [5.74, 6) is 0. The molecule has 5 heteroatoms. The first-order chi connectivity index (χ1) is 8.92. The number of ether oxygens (including phenoxy) is 1.